The Balaban J connectivity index is 1.33. The van der Waals surface area contributed by atoms with Gasteiger partial charge in [-0.25, -0.2) is 0 Å². The predicted molar refractivity (Wildman–Crippen MR) is 95.8 cm³/mol. The molecule has 0 amide bonds. The van der Waals surface area contributed by atoms with E-state index in [4.69, 9.17) is 0 Å². The molecule has 3 atom stereocenters. The van der Waals surface area contributed by atoms with E-state index in [9.17, 15) is 0 Å². The van der Waals surface area contributed by atoms with E-state index in [0.29, 0.717) is 0 Å². The summed E-state index contributed by atoms with van der Waals surface area (Å²) in [7, 11) is 0. The zero-order chi connectivity index (χ0) is 15.5. The zero-order valence-electron chi connectivity index (χ0n) is 14.9. The third kappa shape index (κ3) is 3.92. The number of hydrogen-bond donors (Lipinski definition) is 1. The summed E-state index contributed by atoms with van der Waals surface area (Å²) < 4.78 is 0. The van der Waals surface area contributed by atoms with Gasteiger partial charge >= 0.3 is 0 Å². The van der Waals surface area contributed by atoms with Gasteiger partial charge in [0, 0.05) is 38.3 Å². The molecule has 0 aromatic heterocycles. The minimum absolute atomic E-state index is 0.790. The van der Waals surface area contributed by atoms with Crippen LogP contribution >= 0.6 is 0 Å². The van der Waals surface area contributed by atoms with Crippen LogP contribution < -0.4 is 5.32 Å². The van der Waals surface area contributed by atoms with Crippen molar-refractivity contribution in [2.45, 2.75) is 57.0 Å². The van der Waals surface area contributed by atoms with E-state index < -0.39 is 0 Å². The number of hydrogen-bond acceptors (Lipinski definition) is 4. The Labute approximate surface area is 142 Å². The van der Waals surface area contributed by atoms with Gasteiger partial charge in [-0.2, -0.15) is 0 Å². The highest BCUT2D eigenvalue weighted by Gasteiger charge is 2.37. The van der Waals surface area contributed by atoms with Crippen LogP contribution in [0.1, 0.15) is 44.9 Å². The van der Waals surface area contributed by atoms with Gasteiger partial charge in [0.2, 0.25) is 0 Å². The molecule has 4 rings (SSSR count). The second-order valence-electron chi connectivity index (χ2n) is 8.36. The van der Waals surface area contributed by atoms with Crippen molar-refractivity contribution in [2.24, 2.45) is 5.92 Å². The monoisotopic (exact) mass is 320 g/mol. The van der Waals surface area contributed by atoms with Crippen LogP contribution in [0.5, 0.6) is 0 Å². The lowest BCUT2D eigenvalue weighted by Gasteiger charge is -2.41. The second-order valence-corrected chi connectivity index (χ2v) is 8.36. The fraction of sp³-hybridized carbons (Fsp3) is 1.00. The van der Waals surface area contributed by atoms with Gasteiger partial charge in [-0.3, -0.25) is 9.80 Å². The molecule has 0 aromatic rings. The van der Waals surface area contributed by atoms with Crippen molar-refractivity contribution in [2.75, 3.05) is 58.9 Å². The van der Waals surface area contributed by atoms with E-state index in [1.54, 1.807) is 0 Å². The number of piperidine rings is 2. The van der Waals surface area contributed by atoms with Crippen molar-refractivity contribution in [1.82, 2.24) is 20.0 Å². The number of nitrogens with one attached hydrogen (secondary N) is 1. The molecule has 4 heteroatoms. The normalized spacial score (nSPS) is 38.3. The molecule has 4 heterocycles. The first-order chi connectivity index (χ1) is 11.4. The first-order valence-corrected chi connectivity index (χ1v) is 10.3. The molecule has 0 spiro atoms. The molecular formula is C19H36N4. The van der Waals surface area contributed by atoms with E-state index in [1.807, 2.05) is 0 Å². The Morgan fingerprint density at radius 2 is 1.57 bits per heavy atom. The van der Waals surface area contributed by atoms with Crippen LogP contribution in [-0.2, 0) is 0 Å². The van der Waals surface area contributed by atoms with E-state index in [-0.39, 0.29) is 0 Å². The molecule has 0 aromatic carbocycles. The Morgan fingerprint density at radius 1 is 0.783 bits per heavy atom. The minimum atomic E-state index is 0.790. The molecule has 4 fully saturated rings. The summed E-state index contributed by atoms with van der Waals surface area (Å²) in [6, 6.07) is 1.65. The Bertz CT molecular complexity index is 362. The van der Waals surface area contributed by atoms with Gasteiger partial charge in [0.05, 0.1) is 0 Å². The lowest BCUT2D eigenvalue weighted by Crippen LogP contribution is -2.54. The van der Waals surface area contributed by atoms with E-state index in [1.165, 1.54) is 104 Å². The molecule has 0 aliphatic carbocycles. The lowest BCUT2D eigenvalue weighted by atomic mass is 9.90. The first kappa shape index (κ1) is 16.3. The van der Waals surface area contributed by atoms with Gasteiger partial charge in [0.1, 0.15) is 0 Å². The van der Waals surface area contributed by atoms with Crippen molar-refractivity contribution in [3.8, 4) is 0 Å². The largest absolute Gasteiger partial charge is 0.315 e. The average Bonchev–Trinajstić information content (AvgIpc) is 3.28. The first-order valence-electron chi connectivity index (χ1n) is 10.3. The fourth-order valence-corrected chi connectivity index (χ4v) is 5.48. The number of likely N-dealkylation sites (tertiary alicyclic amines) is 3. The minimum Gasteiger partial charge on any atom is -0.315 e. The summed E-state index contributed by atoms with van der Waals surface area (Å²) in [4.78, 5) is 8.39. The molecule has 0 radical (unpaired) electrons. The molecule has 1 N–H and O–H groups in total. The smallest absolute Gasteiger partial charge is 0.0262 e. The highest BCUT2D eigenvalue weighted by molar-refractivity contribution is 4.94. The predicted octanol–water partition coefficient (Wildman–Crippen LogP) is 1.62. The highest BCUT2D eigenvalue weighted by Crippen LogP contribution is 2.27. The number of rotatable bonds is 4. The summed E-state index contributed by atoms with van der Waals surface area (Å²) in [5, 5.41) is 3.69. The summed E-state index contributed by atoms with van der Waals surface area (Å²) in [6.45, 7) is 11.9. The third-order valence-corrected chi connectivity index (χ3v) is 6.85. The lowest BCUT2D eigenvalue weighted by molar-refractivity contribution is 0.0894. The Morgan fingerprint density at radius 3 is 2.39 bits per heavy atom. The molecule has 4 aliphatic rings. The van der Waals surface area contributed by atoms with Crippen LogP contribution in [0.2, 0.25) is 0 Å². The van der Waals surface area contributed by atoms with E-state index in [2.05, 4.69) is 20.0 Å². The fourth-order valence-electron chi connectivity index (χ4n) is 5.48. The van der Waals surface area contributed by atoms with Gasteiger partial charge < -0.3 is 10.2 Å². The van der Waals surface area contributed by atoms with Crippen LogP contribution in [0.25, 0.3) is 0 Å². The van der Waals surface area contributed by atoms with Crippen LogP contribution in [0, 0.1) is 5.92 Å². The zero-order valence-corrected chi connectivity index (χ0v) is 14.9. The van der Waals surface area contributed by atoms with Crippen molar-refractivity contribution in [1.29, 1.82) is 0 Å². The summed E-state index contributed by atoms with van der Waals surface area (Å²) in [6.07, 6.45) is 9.96. The SMILES string of the molecule is C1CCN(CC2CCNCC2N2CCC(N3CCCC3)C2)CC1. The van der Waals surface area contributed by atoms with Crippen molar-refractivity contribution in [3.05, 3.63) is 0 Å². The number of nitrogens with zero attached hydrogens (tertiary/aromatic N) is 3. The van der Waals surface area contributed by atoms with Crippen molar-refractivity contribution < 1.29 is 0 Å². The van der Waals surface area contributed by atoms with Crippen LogP contribution in [0.15, 0.2) is 0 Å². The quantitative estimate of drug-likeness (QED) is 0.850. The summed E-state index contributed by atoms with van der Waals surface area (Å²) >= 11 is 0. The van der Waals surface area contributed by atoms with Gasteiger partial charge in [-0.05, 0) is 77.2 Å². The van der Waals surface area contributed by atoms with Crippen LogP contribution in [-0.4, -0.2) is 85.7 Å². The topological polar surface area (TPSA) is 21.8 Å². The van der Waals surface area contributed by atoms with E-state index >= 15 is 0 Å². The molecule has 0 saturated carbocycles. The van der Waals surface area contributed by atoms with Gasteiger partial charge in [0.25, 0.3) is 0 Å². The third-order valence-electron chi connectivity index (χ3n) is 6.85. The molecule has 4 nitrogen and oxygen atoms in total. The molecule has 4 saturated heterocycles. The van der Waals surface area contributed by atoms with Gasteiger partial charge in [0.15, 0.2) is 0 Å². The maximum absolute atomic E-state index is 3.69. The van der Waals surface area contributed by atoms with Crippen molar-refractivity contribution >= 4 is 0 Å². The maximum atomic E-state index is 3.69. The summed E-state index contributed by atoms with van der Waals surface area (Å²) in [5.41, 5.74) is 0. The van der Waals surface area contributed by atoms with E-state index in [0.717, 1.165) is 18.0 Å². The average molecular weight is 321 g/mol. The van der Waals surface area contributed by atoms with Crippen LogP contribution in [0.3, 0.4) is 0 Å². The standard InChI is InChI=1S/C19H36N4/c1-2-9-21(10-3-1)15-17-6-8-20-14-19(17)23-13-7-18(16-23)22-11-4-5-12-22/h17-20H,1-16H2. The second kappa shape index (κ2) is 7.81. The molecule has 4 aliphatic heterocycles. The molecule has 132 valence electrons. The van der Waals surface area contributed by atoms with Gasteiger partial charge in [-0.15, -0.1) is 0 Å². The molecule has 23 heavy (non-hydrogen) atoms. The summed E-state index contributed by atoms with van der Waals surface area (Å²) in [5.74, 6) is 0.895. The van der Waals surface area contributed by atoms with Gasteiger partial charge in [-0.1, -0.05) is 6.42 Å². The van der Waals surface area contributed by atoms with Crippen LogP contribution in [0.4, 0.5) is 0 Å². The Kier molecular flexibility index (Phi) is 5.54. The highest BCUT2D eigenvalue weighted by atomic mass is 15.3. The van der Waals surface area contributed by atoms with Crippen molar-refractivity contribution in [3.63, 3.8) is 0 Å². The molecule has 0 bridgehead atoms. The molecule has 3 unspecified atom stereocenters. The maximum Gasteiger partial charge on any atom is 0.0262 e. The molecular weight excluding hydrogens is 284 g/mol. The Hall–Kier alpha value is -0.160.